The van der Waals surface area contributed by atoms with Crippen LogP contribution in [0.25, 0.3) is 0 Å². The van der Waals surface area contributed by atoms with Crippen molar-refractivity contribution in [3.63, 3.8) is 0 Å². The Morgan fingerprint density at radius 2 is 2.13 bits per heavy atom. The first-order valence-electron chi connectivity index (χ1n) is 5.74. The Hall–Kier alpha value is -0.130. The van der Waals surface area contributed by atoms with Gasteiger partial charge in [-0.15, -0.1) is 0 Å². The van der Waals surface area contributed by atoms with Gasteiger partial charge in [0.25, 0.3) is 0 Å². The van der Waals surface area contributed by atoms with E-state index in [9.17, 15) is 8.42 Å². The molecular weight excluding hydrogens is 212 g/mol. The lowest BCUT2D eigenvalue weighted by molar-refractivity contribution is 0.346. The molecule has 5 heteroatoms. The first-order chi connectivity index (χ1) is 7.03. The highest BCUT2D eigenvalue weighted by atomic mass is 32.2. The molecule has 0 aliphatic carbocycles. The third-order valence-electron chi connectivity index (χ3n) is 2.68. The summed E-state index contributed by atoms with van der Waals surface area (Å²) in [6.07, 6.45) is 2.60. The van der Waals surface area contributed by atoms with Crippen molar-refractivity contribution in [2.45, 2.75) is 39.2 Å². The van der Waals surface area contributed by atoms with Gasteiger partial charge in [0.15, 0.2) is 0 Å². The van der Waals surface area contributed by atoms with Gasteiger partial charge in [0, 0.05) is 12.6 Å². The van der Waals surface area contributed by atoms with Crippen molar-refractivity contribution in [3.05, 3.63) is 0 Å². The number of unbranched alkanes of at least 4 members (excludes halogenated alkanes) is 1. The smallest absolute Gasteiger partial charge is 0.211 e. The molecule has 1 aliphatic rings. The molecule has 2 atom stereocenters. The summed E-state index contributed by atoms with van der Waals surface area (Å²) in [4.78, 5) is 0. The number of sulfonamides is 1. The molecule has 2 N–H and O–H groups in total. The molecule has 1 heterocycles. The van der Waals surface area contributed by atoms with Gasteiger partial charge in [0.05, 0.1) is 5.75 Å². The van der Waals surface area contributed by atoms with E-state index in [1.807, 2.05) is 6.92 Å². The summed E-state index contributed by atoms with van der Waals surface area (Å²) in [5.74, 6) is 0.812. The lowest BCUT2D eigenvalue weighted by Crippen LogP contribution is -2.48. The van der Waals surface area contributed by atoms with Crippen LogP contribution in [0.1, 0.15) is 33.1 Å². The second-order valence-corrected chi connectivity index (χ2v) is 6.36. The number of piperidine rings is 1. The first-order valence-corrected chi connectivity index (χ1v) is 7.39. The van der Waals surface area contributed by atoms with Crippen LogP contribution in [0.2, 0.25) is 0 Å². The monoisotopic (exact) mass is 234 g/mol. The van der Waals surface area contributed by atoms with Crippen molar-refractivity contribution in [3.8, 4) is 0 Å². The summed E-state index contributed by atoms with van der Waals surface area (Å²) < 4.78 is 26.0. The van der Waals surface area contributed by atoms with Crippen LogP contribution in [0.3, 0.4) is 0 Å². The van der Waals surface area contributed by atoms with Crippen molar-refractivity contribution < 1.29 is 8.42 Å². The fraction of sp³-hybridized carbons (Fsp3) is 1.00. The molecule has 0 amide bonds. The van der Waals surface area contributed by atoms with E-state index in [0.29, 0.717) is 5.92 Å². The van der Waals surface area contributed by atoms with Gasteiger partial charge in [-0.25, -0.2) is 13.1 Å². The van der Waals surface area contributed by atoms with Crippen LogP contribution in [0, 0.1) is 5.92 Å². The normalized spacial score (nSPS) is 27.9. The van der Waals surface area contributed by atoms with Crippen LogP contribution in [0.4, 0.5) is 0 Å². The maximum Gasteiger partial charge on any atom is 0.211 e. The second-order valence-electron chi connectivity index (χ2n) is 4.49. The van der Waals surface area contributed by atoms with E-state index in [1.54, 1.807) is 0 Å². The molecule has 4 nitrogen and oxygen atoms in total. The first kappa shape index (κ1) is 12.9. The maximum atomic E-state index is 11.6. The van der Waals surface area contributed by atoms with Gasteiger partial charge >= 0.3 is 0 Å². The highest BCUT2D eigenvalue weighted by molar-refractivity contribution is 7.89. The molecule has 0 bridgehead atoms. The fourth-order valence-electron chi connectivity index (χ4n) is 1.89. The zero-order valence-corrected chi connectivity index (χ0v) is 10.4. The third kappa shape index (κ3) is 4.95. The summed E-state index contributed by atoms with van der Waals surface area (Å²) in [5, 5.41) is 3.24. The van der Waals surface area contributed by atoms with Crippen LogP contribution in [-0.2, 0) is 10.0 Å². The van der Waals surface area contributed by atoms with Gasteiger partial charge in [0.1, 0.15) is 0 Å². The molecule has 0 aromatic heterocycles. The number of nitrogens with one attached hydrogen (secondary N) is 2. The Kier molecular flexibility index (Phi) is 5.02. The Bertz CT molecular complexity index is 277. The van der Waals surface area contributed by atoms with E-state index < -0.39 is 10.0 Å². The summed E-state index contributed by atoms with van der Waals surface area (Å²) in [6.45, 7) is 5.89. The zero-order valence-electron chi connectivity index (χ0n) is 9.62. The highest BCUT2D eigenvalue weighted by Gasteiger charge is 2.22. The Morgan fingerprint density at radius 3 is 2.73 bits per heavy atom. The fourth-order valence-corrected chi connectivity index (χ4v) is 3.37. The standard InChI is InChI=1S/C10H22N2O2S/c1-3-4-5-15(13,14)12-10-6-9(2)7-11-8-10/h9-12H,3-8H2,1-2H3. The average molecular weight is 234 g/mol. The molecule has 1 rings (SSSR count). The van der Waals surface area contributed by atoms with E-state index >= 15 is 0 Å². The summed E-state index contributed by atoms with van der Waals surface area (Å²) in [7, 11) is -3.06. The molecule has 1 saturated heterocycles. The van der Waals surface area contributed by atoms with E-state index in [-0.39, 0.29) is 11.8 Å². The van der Waals surface area contributed by atoms with Crippen LogP contribution < -0.4 is 10.0 Å². The predicted octanol–water partition coefficient (Wildman–Crippen LogP) is 0.704. The van der Waals surface area contributed by atoms with Gasteiger partial charge < -0.3 is 5.32 Å². The second kappa shape index (κ2) is 5.82. The quantitative estimate of drug-likeness (QED) is 0.736. The minimum atomic E-state index is -3.06. The average Bonchev–Trinajstić information content (AvgIpc) is 2.14. The van der Waals surface area contributed by atoms with Crippen molar-refractivity contribution in [2.24, 2.45) is 5.92 Å². The Labute approximate surface area is 92.9 Å². The molecule has 0 spiro atoms. The van der Waals surface area contributed by atoms with E-state index in [2.05, 4.69) is 17.0 Å². The molecule has 1 fully saturated rings. The van der Waals surface area contributed by atoms with Crippen LogP contribution in [0.5, 0.6) is 0 Å². The molecule has 90 valence electrons. The van der Waals surface area contributed by atoms with Crippen LogP contribution in [-0.4, -0.2) is 33.3 Å². The summed E-state index contributed by atoms with van der Waals surface area (Å²) >= 11 is 0. The van der Waals surface area contributed by atoms with Crippen molar-refractivity contribution in [2.75, 3.05) is 18.8 Å². The predicted molar refractivity (Wildman–Crippen MR) is 62.3 cm³/mol. The maximum absolute atomic E-state index is 11.6. The van der Waals surface area contributed by atoms with Crippen molar-refractivity contribution in [1.82, 2.24) is 10.0 Å². The Balaban J connectivity index is 2.39. The largest absolute Gasteiger partial charge is 0.315 e. The summed E-state index contributed by atoms with van der Waals surface area (Å²) in [5.41, 5.74) is 0. The number of hydrogen-bond acceptors (Lipinski definition) is 3. The SMILES string of the molecule is CCCCS(=O)(=O)NC1CNCC(C)C1. The van der Waals surface area contributed by atoms with E-state index in [1.165, 1.54) is 0 Å². The van der Waals surface area contributed by atoms with Gasteiger partial charge in [0.2, 0.25) is 10.0 Å². The minimum absolute atomic E-state index is 0.0793. The molecule has 0 saturated carbocycles. The molecule has 2 unspecified atom stereocenters. The van der Waals surface area contributed by atoms with Gasteiger partial charge in [-0.1, -0.05) is 20.3 Å². The third-order valence-corrected chi connectivity index (χ3v) is 4.20. The molecule has 0 aromatic carbocycles. The highest BCUT2D eigenvalue weighted by Crippen LogP contribution is 2.10. The molecule has 15 heavy (non-hydrogen) atoms. The van der Waals surface area contributed by atoms with Crippen LogP contribution >= 0.6 is 0 Å². The lowest BCUT2D eigenvalue weighted by Gasteiger charge is -2.28. The Morgan fingerprint density at radius 1 is 1.40 bits per heavy atom. The topological polar surface area (TPSA) is 58.2 Å². The van der Waals surface area contributed by atoms with Crippen LogP contribution in [0.15, 0.2) is 0 Å². The van der Waals surface area contributed by atoms with E-state index in [4.69, 9.17) is 0 Å². The van der Waals surface area contributed by atoms with E-state index in [0.717, 1.165) is 32.4 Å². The zero-order chi connectivity index (χ0) is 11.3. The molecule has 0 radical (unpaired) electrons. The van der Waals surface area contributed by atoms with Crippen molar-refractivity contribution in [1.29, 1.82) is 0 Å². The summed E-state index contributed by atoms with van der Waals surface area (Å²) in [6, 6.07) is 0.0793. The van der Waals surface area contributed by atoms with Crippen molar-refractivity contribution >= 4 is 10.0 Å². The van der Waals surface area contributed by atoms with Gasteiger partial charge in [-0.2, -0.15) is 0 Å². The number of rotatable bonds is 5. The molecule has 1 aliphatic heterocycles. The minimum Gasteiger partial charge on any atom is -0.315 e. The number of hydrogen-bond donors (Lipinski definition) is 2. The van der Waals surface area contributed by atoms with Gasteiger partial charge in [-0.05, 0) is 25.3 Å². The molecular formula is C10H22N2O2S. The molecule has 0 aromatic rings. The lowest BCUT2D eigenvalue weighted by atomic mass is 9.99. The van der Waals surface area contributed by atoms with Gasteiger partial charge in [-0.3, -0.25) is 0 Å².